The number of nitrogen functional groups attached to an aromatic ring is 1. The quantitative estimate of drug-likeness (QED) is 0.763. The first kappa shape index (κ1) is 13.0. The van der Waals surface area contributed by atoms with Gasteiger partial charge in [-0.25, -0.2) is 9.97 Å². The molecule has 3 aromatic rings. The number of hydrogen-bond donors (Lipinski definition) is 2. The Hall–Kier alpha value is -2.96. The molecule has 0 amide bonds. The summed E-state index contributed by atoms with van der Waals surface area (Å²) in [5.41, 5.74) is 7.26. The van der Waals surface area contributed by atoms with Crippen LogP contribution in [-0.4, -0.2) is 28.6 Å². The number of hydrogen-bond acceptors (Lipinski definition) is 6. The molecule has 0 aliphatic rings. The first-order valence-electron chi connectivity index (χ1n) is 6.29. The summed E-state index contributed by atoms with van der Waals surface area (Å²) < 4.78 is 12.3. The van der Waals surface area contributed by atoms with Crippen molar-refractivity contribution < 1.29 is 9.47 Å². The summed E-state index contributed by atoms with van der Waals surface area (Å²) >= 11 is 0. The first-order valence-corrected chi connectivity index (χ1v) is 6.29. The minimum atomic E-state index is 0.401. The summed E-state index contributed by atoms with van der Waals surface area (Å²) in [5.74, 6) is 2.33. The normalized spacial score (nSPS) is 10.6. The summed E-state index contributed by atoms with van der Waals surface area (Å²) in [6, 6.07) is 5.47. The monoisotopic (exact) mass is 285 g/mol. The van der Waals surface area contributed by atoms with Gasteiger partial charge in [-0.15, -0.1) is 0 Å². The number of rotatable bonds is 4. The molecule has 0 bridgehead atoms. The summed E-state index contributed by atoms with van der Waals surface area (Å²) in [6.45, 7) is 0. The van der Waals surface area contributed by atoms with Crippen LogP contribution in [0, 0.1) is 0 Å². The van der Waals surface area contributed by atoms with Crippen LogP contribution in [0.15, 0.2) is 36.8 Å². The topological polar surface area (TPSA) is 86.7 Å². The number of aromatic nitrogens is 3. The van der Waals surface area contributed by atoms with Crippen molar-refractivity contribution in [3.63, 3.8) is 0 Å². The van der Waals surface area contributed by atoms with Crippen molar-refractivity contribution in [3.8, 4) is 11.5 Å². The molecule has 7 nitrogen and oxygen atoms in total. The summed E-state index contributed by atoms with van der Waals surface area (Å²) in [4.78, 5) is 8.54. The highest BCUT2D eigenvalue weighted by molar-refractivity contribution is 5.72. The minimum Gasteiger partial charge on any atom is -0.497 e. The molecule has 2 heterocycles. The third kappa shape index (κ3) is 2.53. The van der Waals surface area contributed by atoms with Crippen molar-refractivity contribution in [1.82, 2.24) is 14.4 Å². The van der Waals surface area contributed by atoms with Crippen molar-refractivity contribution in [2.24, 2.45) is 0 Å². The van der Waals surface area contributed by atoms with Crippen LogP contribution in [0.25, 0.3) is 5.65 Å². The molecule has 7 heteroatoms. The summed E-state index contributed by atoms with van der Waals surface area (Å²) in [7, 11) is 3.20. The number of methoxy groups -OCH3 is 2. The predicted molar refractivity (Wildman–Crippen MR) is 80.2 cm³/mol. The van der Waals surface area contributed by atoms with Gasteiger partial charge in [-0.2, -0.15) is 0 Å². The van der Waals surface area contributed by atoms with Crippen LogP contribution in [0.3, 0.4) is 0 Å². The number of ether oxygens (including phenoxy) is 2. The number of benzene rings is 1. The van der Waals surface area contributed by atoms with Crippen LogP contribution >= 0.6 is 0 Å². The Morgan fingerprint density at radius 1 is 1.14 bits per heavy atom. The molecular weight excluding hydrogens is 270 g/mol. The molecular formula is C14H15N5O2. The van der Waals surface area contributed by atoms with E-state index in [0.29, 0.717) is 28.8 Å². The van der Waals surface area contributed by atoms with Gasteiger partial charge in [0, 0.05) is 36.3 Å². The van der Waals surface area contributed by atoms with Gasteiger partial charge in [-0.05, 0) is 0 Å². The van der Waals surface area contributed by atoms with E-state index in [1.165, 1.54) is 0 Å². The highest BCUT2D eigenvalue weighted by Gasteiger charge is 2.08. The van der Waals surface area contributed by atoms with Gasteiger partial charge in [-0.1, -0.05) is 0 Å². The second-order valence-corrected chi connectivity index (χ2v) is 4.40. The Labute approximate surface area is 121 Å². The summed E-state index contributed by atoms with van der Waals surface area (Å²) in [5, 5.41) is 3.19. The first-order chi connectivity index (χ1) is 10.2. The smallest absolute Gasteiger partial charge is 0.180 e. The van der Waals surface area contributed by atoms with Crippen molar-refractivity contribution >= 4 is 23.0 Å². The molecule has 21 heavy (non-hydrogen) atoms. The lowest BCUT2D eigenvalue weighted by atomic mass is 10.2. The standard InChI is InChI=1S/C14H15N5O2/c1-20-10-5-9(6-11(7-10)21-2)17-13-14-16-3-4-19(14)8-12(15)18-13/h3-8H,15H2,1-2H3,(H,17,18). The van der Waals surface area contributed by atoms with Crippen LogP contribution in [0.2, 0.25) is 0 Å². The third-order valence-corrected chi connectivity index (χ3v) is 3.01. The lowest BCUT2D eigenvalue weighted by molar-refractivity contribution is 0.395. The zero-order valence-corrected chi connectivity index (χ0v) is 11.7. The van der Waals surface area contributed by atoms with E-state index < -0.39 is 0 Å². The van der Waals surface area contributed by atoms with E-state index >= 15 is 0 Å². The second kappa shape index (κ2) is 5.20. The van der Waals surface area contributed by atoms with Gasteiger partial charge in [0.05, 0.1) is 20.4 Å². The SMILES string of the molecule is COc1cc(Nc2nc(N)cn3ccnc23)cc(OC)c1. The fourth-order valence-corrected chi connectivity index (χ4v) is 2.05. The van der Waals surface area contributed by atoms with Crippen molar-refractivity contribution in [2.45, 2.75) is 0 Å². The number of anilines is 3. The van der Waals surface area contributed by atoms with Gasteiger partial charge in [0.2, 0.25) is 0 Å². The average Bonchev–Trinajstić information content (AvgIpc) is 2.95. The van der Waals surface area contributed by atoms with Crippen LogP contribution in [0.5, 0.6) is 11.5 Å². The van der Waals surface area contributed by atoms with Crippen molar-refractivity contribution in [1.29, 1.82) is 0 Å². The highest BCUT2D eigenvalue weighted by Crippen LogP contribution is 2.28. The van der Waals surface area contributed by atoms with E-state index in [1.54, 1.807) is 32.7 Å². The average molecular weight is 285 g/mol. The van der Waals surface area contributed by atoms with Gasteiger partial charge < -0.3 is 24.9 Å². The molecule has 0 radical (unpaired) electrons. The number of nitrogens with one attached hydrogen (secondary N) is 1. The maximum atomic E-state index is 5.80. The molecule has 0 unspecified atom stereocenters. The maximum absolute atomic E-state index is 5.80. The molecule has 3 rings (SSSR count). The fourth-order valence-electron chi connectivity index (χ4n) is 2.05. The van der Waals surface area contributed by atoms with Gasteiger partial charge in [-0.3, -0.25) is 0 Å². The van der Waals surface area contributed by atoms with E-state index in [1.807, 2.05) is 22.7 Å². The molecule has 0 saturated heterocycles. The van der Waals surface area contributed by atoms with Crippen LogP contribution < -0.4 is 20.5 Å². The molecule has 2 aromatic heterocycles. The Kier molecular flexibility index (Phi) is 3.23. The number of nitrogens with two attached hydrogens (primary N) is 1. The highest BCUT2D eigenvalue weighted by atomic mass is 16.5. The van der Waals surface area contributed by atoms with Crippen LogP contribution in [-0.2, 0) is 0 Å². The third-order valence-electron chi connectivity index (χ3n) is 3.01. The molecule has 0 aliphatic carbocycles. The predicted octanol–water partition coefficient (Wildman–Crippen LogP) is 2.07. The van der Waals surface area contributed by atoms with Crippen LogP contribution in [0.4, 0.5) is 17.3 Å². The van der Waals surface area contributed by atoms with E-state index in [-0.39, 0.29) is 0 Å². The zero-order valence-electron chi connectivity index (χ0n) is 11.7. The Morgan fingerprint density at radius 3 is 2.52 bits per heavy atom. The molecule has 1 aromatic carbocycles. The van der Waals surface area contributed by atoms with E-state index in [2.05, 4.69) is 15.3 Å². The maximum Gasteiger partial charge on any atom is 0.180 e. The van der Waals surface area contributed by atoms with Crippen molar-refractivity contribution in [2.75, 3.05) is 25.3 Å². The molecule has 108 valence electrons. The Morgan fingerprint density at radius 2 is 1.86 bits per heavy atom. The van der Waals surface area contributed by atoms with Crippen molar-refractivity contribution in [3.05, 3.63) is 36.8 Å². The van der Waals surface area contributed by atoms with E-state index in [0.717, 1.165) is 5.69 Å². The number of imidazole rings is 1. The van der Waals surface area contributed by atoms with Gasteiger partial charge in [0.1, 0.15) is 17.3 Å². The zero-order chi connectivity index (χ0) is 14.8. The molecule has 0 saturated carbocycles. The molecule has 0 spiro atoms. The van der Waals surface area contributed by atoms with E-state index in [9.17, 15) is 0 Å². The minimum absolute atomic E-state index is 0.401. The lowest BCUT2D eigenvalue weighted by Crippen LogP contribution is -2.02. The molecule has 0 atom stereocenters. The molecule has 3 N–H and O–H groups in total. The largest absolute Gasteiger partial charge is 0.497 e. The van der Waals surface area contributed by atoms with Crippen LogP contribution in [0.1, 0.15) is 0 Å². The van der Waals surface area contributed by atoms with Gasteiger partial charge in [0.15, 0.2) is 11.5 Å². The molecule has 0 aliphatic heterocycles. The Balaban J connectivity index is 2.03. The number of fused-ring (bicyclic) bond motifs is 1. The fraction of sp³-hybridized carbons (Fsp3) is 0.143. The van der Waals surface area contributed by atoms with Gasteiger partial charge >= 0.3 is 0 Å². The molecule has 0 fully saturated rings. The summed E-state index contributed by atoms with van der Waals surface area (Å²) in [6.07, 6.45) is 5.21. The lowest BCUT2D eigenvalue weighted by Gasteiger charge is -2.11. The number of nitrogens with zero attached hydrogens (tertiary/aromatic N) is 3. The van der Waals surface area contributed by atoms with Gasteiger partial charge in [0.25, 0.3) is 0 Å². The second-order valence-electron chi connectivity index (χ2n) is 4.40. The van der Waals surface area contributed by atoms with E-state index in [4.69, 9.17) is 15.2 Å². The Bertz CT molecular complexity index is 762.